The number of nitrogens with zero attached hydrogens (tertiary/aromatic N) is 4. The fraction of sp³-hybridized carbons (Fsp3) is 0.500. The van der Waals surface area contributed by atoms with Gasteiger partial charge in [-0.25, -0.2) is 8.42 Å². The number of carbonyl (C=O) groups excluding carboxylic acids is 2. The van der Waals surface area contributed by atoms with E-state index in [9.17, 15) is 18.0 Å². The maximum Gasteiger partial charge on any atom is 0.227 e. The number of Topliss-reactive ketones (excluding diaryl/α,β-unsaturated/α-hetero) is 1. The van der Waals surface area contributed by atoms with Crippen LogP contribution in [0.25, 0.3) is 0 Å². The zero-order chi connectivity index (χ0) is 21.3. The van der Waals surface area contributed by atoms with E-state index in [0.717, 1.165) is 24.5 Å². The number of amides is 1. The minimum Gasteiger partial charge on any atom is -0.312 e. The summed E-state index contributed by atoms with van der Waals surface area (Å²) >= 11 is 1.32. The first kappa shape index (κ1) is 21.0. The van der Waals surface area contributed by atoms with E-state index in [0.29, 0.717) is 30.0 Å². The predicted octanol–water partition coefficient (Wildman–Crippen LogP) is 1.89. The highest BCUT2D eigenvalue weighted by Crippen LogP contribution is 2.25. The van der Waals surface area contributed by atoms with Crippen molar-refractivity contribution in [2.75, 3.05) is 28.7 Å². The molecule has 4 rings (SSSR count). The van der Waals surface area contributed by atoms with E-state index in [1.807, 2.05) is 23.7 Å². The molecule has 1 atom stereocenters. The first-order valence-electron chi connectivity index (χ1n) is 9.97. The van der Waals surface area contributed by atoms with E-state index in [4.69, 9.17) is 0 Å². The number of rotatable bonds is 7. The molecule has 160 valence electrons. The van der Waals surface area contributed by atoms with E-state index in [1.165, 1.54) is 11.8 Å². The van der Waals surface area contributed by atoms with Gasteiger partial charge >= 0.3 is 0 Å². The molecule has 2 aliphatic heterocycles. The molecule has 1 amide bonds. The lowest BCUT2D eigenvalue weighted by atomic mass is 10.1. The molecule has 30 heavy (non-hydrogen) atoms. The maximum absolute atomic E-state index is 12.6. The highest BCUT2D eigenvalue weighted by Gasteiger charge is 2.29. The van der Waals surface area contributed by atoms with Crippen molar-refractivity contribution in [2.45, 2.75) is 30.8 Å². The molecule has 0 unspecified atom stereocenters. The highest BCUT2D eigenvalue weighted by molar-refractivity contribution is 7.99. The molecule has 1 aromatic heterocycles. The number of ketones is 1. The van der Waals surface area contributed by atoms with Crippen molar-refractivity contribution in [3.63, 3.8) is 0 Å². The van der Waals surface area contributed by atoms with Gasteiger partial charge in [-0.15, -0.1) is 10.2 Å². The second kappa shape index (κ2) is 8.50. The number of aromatic nitrogens is 3. The fourth-order valence-corrected chi connectivity index (χ4v) is 6.59. The molecule has 3 heterocycles. The van der Waals surface area contributed by atoms with Crippen LogP contribution in [0.3, 0.4) is 0 Å². The summed E-state index contributed by atoms with van der Waals surface area (Å²) in [5, 5.41) is 8.99. The monoisotopic (exact) mass is 448 g/mol. The standard InChI is InChI=1S/C20H24N4O4S2/c1-23-18(11-14-8-10-30(27,28)13-14)21-22-20(23)29-12-17(25)15-4-6-16(7-5-15)24-9-2-3-19(24)26/h4-7,14H,2-3,8-13H2,1H3/t14-/m0/s1. The molecular formula is C20H24N4O4S2. The lowest BCUT2D eigenvalue weighted by Crippen LogP contribution is -2.23. The Bertz CT molecular complexity index is 1060. The largest absolute Gasteiger partial charge is 0.312 e. The van der Waals surface area contributed by atoms with Gasteiger partial charge < -0.3 is 9.47 Å². The summed E-state index contributed by atoms with van der Waals surface area (Å²) in [4.78, 5) is 26.1. The number of hydrogen-bond donors (Lipinski definition) is 0. The van der Waals surface area contributed by atoms with Crippen LogP contribution in [0.5, 0.6) is 0 Å². The molecule has 0 radical (unpaired) electrons. The van der Waals surface area contributed by atoms with Crippen molar-refractivity contribution in [3.8, 4) is 0 Å². The molecule has 0 bridgehead atoms. The molecule has 2 aromatic rings. The minimum atomic E-state index is -2.91. The van der Waals surface area contributed by atoms with Gasteiger partial charge in [0, 0.05) is 37.7 Å². The van der Waals surface area contributed by atoms with Gasteiger partial charge in [0.1, 0.15) is 5.82 Å². The molecular weight excluding hydrogens is 424 g/mol. The lowest BCUT2D eigenvalue weighted by Gasteiger charge is -2.15. The summed E-state index contributed by atoms with van der Waals surface area (Å²) in [5.41, 5.74) is 1.42. The normalized spacial score (nSPS) is 20.8. The van der Waals surface area contributed by atoms with Crippen molar-refractivity contribution >= 4 is 39.0 Å². The molecule has 2 aliphatic rings. The van der Waals surface area contributed by atoms with Gasteiger partial charge in [-0.05, 0) is 43.0 Å². The van der Waals surface area contributed by atoms with Crippen LogP contribution in [-0.2, 0) is 28.1 Å². The zero-order valence-electron chi connectivity index (χ0n) is 16.8. The van der Waals surface area contributed by atoms with E-state index in [2.05, 4.69) is 10.2 Å². The number of hydrogen-bond acceptors (Lipinski definition) is 7. The lowest BCUT2D eigenvalue weighted by molar-refractivity contribution is -0.117. The zero-order valence-corrected chi connectivity index (χ0v) is 18.4. The van der Waals surface area contributed by atoms with Gasteiger partial charge in [-0.1, -0.05) is 11.8 Å². The van der Waals surface area contributed by atoms with Crippen LogP contribution in [0, 0.1) is 5.92 Å². The molecule has 10 heteroatoms. The Morgan fingerprint density at radius 2 is 2.00 bits per heavy atom. The summed E-state index contributed by atoms with van der Waals surface area (Å²) < 4.78 is 25.1. The molecule has 1 aromatic carbocycles. The summed E-state index contributed by atoms with van der Waals surface area (Å²) in [6.07, 6.45) is 2.68. The van der Waals surface area contributed by atoms with Crippen molar-refractivity contribution < 1.29 is 18.0 Å². The quantitative estimate of drug-likeness (QED) is 0.471. The van der Waals surface area contributed by atoms with Crippen LogP contribution in [-0.4, -0.2) is 58.7 Å². The van der Waals surface area contributed by atoms with Crippen LogP contribution >= 0.6 is 11.8 Å². The van der Waals surface area contributed by atoms with E-state index in [1.54, 1.807) is 17.0 Å². The maximum atomic E-state index is 12.6. The van der Waals surface area contributed by atoms with Crippen LogP contribution in [0.4, 0.5) is 5.69 Å². The second-order valence-corrected chi connectivity index (χ2v) is 11.0. The number of benzene rings is 1. The number of thioether (sulfide) groups is 1. The third-order valence-corrected chi connectivity index (χ3v) is 8.49. The fourth-order valence-electron chi connectivity index (χ4n) is 3.90. The Kier molecular flexibility index (Phi) is 5.97. The summed E-state index contributed by atoms with van der Waals surface area (Å²) in [6, 6.07) is 7.15. The Balaban J connectivity index is 1.34. The number of sulfone groups is 1. The molecule has 2 fully saturated rings. The van der Waals surface area contributed by atoms with Crippen LogP contribution in [0.2, 0.25) is 0 Å². The molecule has 0 spiro atoms. The summed E-state index contributed by atoms with van der Waals surface area (Å²) in [5.74, 6) is 1.61. The van der Waals surface area contributed by atoms with Crippen molar-refractivity contribution in [1.82, 2.24) is 14.8 Å². The summed E-state index contributed by atoms with van der Waals surface area (Å²) in [7, 11) is -1.07. The van der Waals surface area contributed by atoms with Gasteiger partial charge in [0.2, 0.25) is 5.91 Å². The third-order valence-electron chi connectivity index (χ3n) is 5.63. The van der Waals surface area contributed by atoms with Crippen LogP contribution in [0.15, 0.2) is 29.4 Å². The first-order chi connectivity index (χ1) is 14.3. The van der Waals surface area contributed by atoms with E-state index < -0.39 is 9.84 Å². The van der Waals surface area contributed by atoms with Crippen LogP contribution in [0.1, 0.15) is 35.4 Å². The number of carbonyl (C=O) groups is 2. The smallest absolute Gasteiger partial charge is 0.227 e. The van der Waals surface area contributed by atoms with Gasteiger partial charge in [-0.3, -0.25) is 9.59 Å². The van der Waals surface area contributed by atoms with Gasteiger partial charge in [-0.2, -0.15) is 0 Å². The Morgan fingerprint density at radius 3 is 2.63 bits per heavy atom. The first-order valence-corrected chi connectivity index (χ1v) is 12.8. The average molecular weight is 449 g/mol. The average Bonchev–Trinajstić information content (AvgIpc) is 3.40. The molecule has 0 saturated carbocycles. The number of anilines is 1. The van der Waals surface area contributed by atoms with Gasteiger partial charge in [0.25, 0.3) is 0 Å². The van der Waals surface area contributed by atoms with E-state index >= 15 is 0 Å². The third kappa shape index (κ3) is 4.59. The van der Waals surface area contributed by atoms with Crippen LogP contribution < -0.4 is 4.90 Å². The van der Waals surface area contributed by atoms with Gasteiger partial charge in [0.15, 0.2) is 20.8 Å². The van der Waals surface area contributed by atoms with E-state index in [-0.39, 0.29) is 34.9 Å². The molecule has 0 aliphatic carbocycles. The molecule has 2 saturated heterocycles. The predicted molar refractivity (Wildman–Crippen MR) is 115 cm³/mol. The second-order valence-electron chi connectivity index (χ2n) is 7.84. The Hall–Kier alpha value is -2.20. The summed E-state index contributed by atoms with van der Waals surface area (Å²) in [6.45, 7) is 0.725. The van der Waals surface area contributed by atoms with Gasteiger partial charge in [0.05, 0.1) is 17.3 Å². The Morgan fingerprint density at radius 1 is 1.23 bits per heavy atom. The van der Waals surface area contributed by atoms with Crippen molar-refractivity contribution in [1.29, 1.82) is 0 Å². The van der Waals surface area contributed by atoms with Crippen molar-refractivity contribution in [3.05, 3.63) is 35.7 Å². The molecule has 0 N–H and O–H groups in total. The topological polar surface area (TPSA) is 102 Å². The highest BCUT2D eigenvalue weighted by atomic mass is 32.2. The Labute approximate surface area is 180 Å². The SMILES string of the molecule is Cn1c(C[C@@H]2CCS(=O)(=O)C2)nnc1SCC(=O)c1ccc(N2CCCC2=O)cc1. The van der Waals surface area contributed by atoms with Crippen molar-refractivity contribution in [2.24, 2.45) is 13.0 Å². The molecule has 8 nitrogen and oxygen atoms in total. The minimum absolute atomic E-state index is 0.0225.